The smallest absolute Gasteiger partial charge is 0.264 e. The normalized spacial score (nSPS) is 29.2. The van der Waals surface area contributed by atoms with Crippen LogP contribution in [0.3, 0.4) is 0 Å². The molecule has 0 aromatic rings. The van der Waals surface area contributed by atoms with Crippen molar-refractivity contribution in [2.45, 2.75) is 25.8 Å². The van der Waals surface area contributed by atoms with Crippen LogP contribution in [-0.2, 0) is 0 Å². The summed E-state index contributed by atoms with van der Waals surface area (Å²) in [6.07, 6.45) is 0.199. The number of nitro groups is 1. The molecule has 0 saturated heterocycles. The first-order valence-corrected chi connectivity index (χ1v) is 5.24. The van der Waals surface area contributed by atoms with Gasteiger partial charge in [-0.1, -0.05) is 6.92 Å². The number of hydrogen-bond acceptors (Lipinski definition) is 6. The fourth-order valence-electron chi connectivity index (χ4n) is 2.62. The molecule has 0 radical (unpaired) electrons. The fourth-order valence-corrected chi connectivity index (χ4v) is 2.62. The Labute approximate surface area is 104 Å². The summed E-state index contributed by atoms with van der Waals surface area (Å²) in [5.41, 5.74) is 1.50. The van der Waals surface area contributed by atoms with Crippen molar-refractivity contribution in [1.29, 1.82) is 15.8 Å². The van der Waals surface area contributed by atoms with E-state index in [2.05, 4.69) is 0 Å². The van der Waals surface area contributed by atoms with Gasteiger partial charge in [0.1, 0.15) is 5.70 Å². The third kappa shape index (κ3) is 1.20. The number of rotatable bonds is 2. The van der Waals surface area contributed by atoms with E-state index in [0.29, 0.717) is 0 Å². The van der Waals surface area contributed by atoms with E-state index < -0.39 is 21.8 Å². The molecule has 0 bridgehead atoms. The van der Waals surface area contributed by atoms with Crippen LogP contribution in [0.1, 0.15) is 20.3 Å². The Balaban J connectivity index is 3.74. The standard InChI is InChI=1S/C11H11N5O2/c1-3-8-10(2,16(17)18)9(15)7(4-12)11(8,5-13)6-14/h8H,3,15H2,1-2H3/t8-,10+/m0/s1. The van der Waals surface area contributed by atoms with Gasteiger partial charge in [0.05, 0.1) is 29.7 Å². The van der Waals surface area contributed by atoms with E-state index in [1.165, 1.54) is 6.92 Å². The highest BCUT2D eigenvalue weighted by molar-refractivity contribution is 5.53. The van der Waals surface area contributed by atoms with Crippen molar-refractivity contribution < 1.29 is 4.92 Å². The summed E-state index contributed by atoms with van der Waals surface area (Å²) in [6, 6.07) is 5.17. The molecule has 0 aliphatic heterocycles. The van der Waals surface area contributed by atoms with E-state index in [0.717, 1.165) is 0 Å². The highest BCUT2D eigenvalue weighted by Gasteiger charge is 2.67. The number of allylic oxidation sites excluding steroid dienone is 1. The fraction of sp³-hybridized carbons (Fsp3) is 0.545. The van der Waals surface area contributed by atoms with E-state index in [4.69, 9.17) is 11.0 Å². The summed E-state index contributed by atoms with van der Waals surface area (Å²) in [7, 11) is 0. The van der Waals surface area contributed by atoms with Crippen LogP contribution in [0.4, 0.5) is 0 Å². The second-order valence-corrected chi connectivity index (χ2v) is 4.30. The minimum absolute atomic E-state index is 0.199. The minimum atomic E-state index is -1.84. The second kappa shape index (κ2) is 4.01. The molecule has 0 unspecified atom stereocenters. The molecule has 7 nitrogen and oxygen atoms in total. The van der Waals surface area contributed by atoms with Gasteiger partial charge in [0.15, 0.2) is 5.41 Å². The van der Waals surface area contributed by atoms with Crippen LogP contribution in [0, 0.1) is 55.4 Å². The lowest BCUT2D eigenvalue weighted by molar-refractivity contribution is -0.564. The summed E-state index contributed by atoms with van der Waals surface area (Å²) >= 11 is 0. The zero-order valence-corrected chi connectivity index (χ0v) is 9.97. The quantitative estimate of drug-likeness (QED) is 0.564. The Bertz CT molecular complexity index is 545. The van der Waals surface area contributed by atoms with Gasteiger partial charge in [-0.15, -0.1) is 0 Å². The van der Waals surface area contributed by atoms with Gasteiger partial charge in [-0.2, -0.15) is 15.8 Å². The maximum absolute atomic E-state index is 11.2. The Morgan fingerprint density at radius 3 is 2.22 bits per heavy atom. The molecule has 0 saturated carbocycles. The molecule has 0 heterocycles. The first kappa shape index (κ1) is 13.5. The average molecular weight is 245 g/mol. The summed E-state index contributed by atoms with van der Waals surface area (Å²) in [4.78, 5) is 10.6. The van der Waals surface area contributed by atoms with E-state index in [1.54, 1.807) is 25.1 Å². The molecule has 92 valence electrons. The van der Waals surface area contributed by atoms with E-state index in [-0.39, 0.29) is 17.7 Å². The van der Waals surface area contributed by atoms with Crippen LogP contribution in [0.15, 0.2) is 11.3 Å². The van der Waals surface area contributed by atoms with Gasteiger partial charge < -0.3 is 5.73 Å². The summed E-state index contributed by atoms with van der Waals surface area (Å²) in [6.45, 7) is 2.88. The summed E-state index contributed by atoms with van der Waals surface area (Å²) in [5, 5.41) is 38.7. The largest absolute Gasteiger partial charge is 0.395 e. The highest BCUT2D eigenvalue weighted by Crippen LogP contribution is 2.53. The third-order valence-electron chi connectivity index (χ3n) is 3.66. The van der Waals surface area contributed by atoms with Crippen molar-refractivity contribution in [1.82, 2.24) is 0 Å². The van der Waals surface area contributed by atoms with Crippen LogP contribution in [-0.4, -0.2) is 10.5 Å². The van der Waals surface area contributed by atoms with Crippen molar-refractivity contribution >= 4 is 0 Å². The molecule has 7 heteroatoms. The number of hydrogen-bond donors (Lipinski definition) is 1. The van der Waals surface area contributed by atoms with Gasteiger partial charge >= 0.3 is 0 Å². The predicted octanol–water partition coefficient (Wildman–Crippen LogP) is 0.832. The molecule has 2 N–H and O–H groups in total. The molecule has 0 aromatic carbocycles. The molecule has 0 spiro atoms. The minimum Gasteiger partial charge on any atom is -0.395 e. The monoisotopic (exact) mass is 245 g/mol. The van der Waals surface area contributed by atoms with Gasteiger partial charge in [0.2, 0.25) is 0 Å². The molecule has 0 fully saturated rings. The van der Waals surface area contributed by atoms with E-state index in [9.17, 15) is 20.6 Å². The Kier molecular flexibility index (Phi) is 3.00. The van der Waals surface area contributed by atoms with Crippen molar-refractivity contribution in [3.05, 3.63) is 21.4 Å². The lowest BCUT2D eigenvalue weighted by Crippen LogP contribution is -2.47. The molecule has 1 aliphatic rings. The molecular weight excluding hydrogens is 234 g/mol. The SMILES string of the molecule is CC[C@@H]1C(C#N)(C#N)C(C#N)=C(N)[C@]1(C)[N+](=O)[O-]. The van der Waals surface area contributed by atoms with Crippen molar-refractivity contribution in [3.63, 3.8) is 0 Å². The number of nitrogens with zero attached hydrogens (tertiary/aromatic N) is 4. The Morgan fingerprint density at radius 2 is 1.94 bits per heavy atom. The van der Waals surface area contributed by atoms with Gasteiger partial charge in [-0.25, -0.2) is 0 Å². The molecule has 2 atom stereocenters. The molecule has 0 amide bonds. The Morgan fingerprint density at radius 1 is 1.44 bits per heavy atom. The third-order valence-corrected chi connectivity index (χ3v) is 3.66. The van der Waals surface area contributed by atoms with Crippen molar-refractivity contribution in [3.8, 4) is 18.2 Å². The topological polar surface area (TPSA) is 141 Å². The molecular formula is C11H11N5O2. The first-order valence-electron chi connectivity index (χ1n) is 5.24. The van der Waals surface area contributed by atoms with E-state index >= 15 is 0 Å². The molecule has 18 heavy (non-hydrogen) atoms. The maximum Gasteiger partial charge on any atom is 0.264 e. The lowest BCUT2D eigenvalue weighted by atomic mass is 9.70. The molecule has 1 rings (SSSR count). The highest BCUT2D eigenvalue weighted by atomic mass is 16.6. The van der Waals surface area contributed by atoms with Crippen LogP contribution in [0.2, 0.25) is 0 Å². The van der Waals surface area contributed by atoms with Crippen LogP contribution >= 0.6 is 0 Å². The van der Waals surface area contributed by atoms with Gasteiger partial charge in [-0.3, -0.25) is 10.1 Å². The number of nitriles is 3. The summed E-state index contributed by atoms with van der Waals surface area (Å²) in [5.74, 6) is -0.940. The predicted molar refractivity (Wildman–Crippen MR) is 59.7 cm³/mol. The molecule has 0 aromatic heterocycles. The second-order valence-electron chi connectivity index (χ2n) is 4.30. The van der Waals surface area contributed by atoms with Crippen LogP contribution in [0.5, 0.6) is 0 Å². The average Bonchev–Trinajstić information content (AvgIpc) is 2.55. The van der Waals surface area contributed by atoms with Crippen LogP contribution in [0.25, 0.3) is 0 Å². The van der Waals surface area contributed by atoms with Gasteiger partial charge in [0, 0.05) is 11.8 Å². The van der Waals surface area contributed by atoms with Crippen molar-refractivity contribution in [2.24, 2.45) is 17.1 Å². The Hall–Kier alpha value is -2.59. The zero-order valence-electron chi connectivity index (χ0n) is 9.97. The van der Waals surface area contributed by atoms with Gasteiger partial charge in [0.25, 0.3) is 5.54 Å². The maximum atomic E-state index is 11.2. The number of nitrogens with two attached hydrogens (primary N) is 1. The molecule has 1 aliphatic carbocycles. The van der Waals surface area contributed by atoms with Gasteiger partial charge in [-0.05, 0) is 6.42 Å². The lowest BCUT2D eigenvalue weighted by Gasteiger charge is -2.27. The van der Waals surface area contributed by atoms with Crippen LogP contribution < -0.4 is 5.73 Å². The zero-order chi connectivity index (χ0) is 14.1. The van der Waals surface area contributed by atoms with E-state index in [1.807, 2.05) is 0 Å². The summed E-state index contributed by atoms with van der Waals surface area (Å²) < 4.78 is 0. The van der Waals surface area contributed by atoms with Crippen molar-refractivity contribution in [2.75, 3.05) is 0 Å². The first-order chi connectivity index (χ1) is 8.36.